The molecule has 20 heavy (non-hydrogen) atoms. The number of aliphatic carboxylic acids is 1. The monoisotopic (exact) mass is 276 g/mol. The molecular formula is C16H20O4. The van der Waals surface area contributed by atoms with E-state index in [1.165, 1.54) is 5.56 Å². The molecule has 4 heteroatoms. The number of benzene rings is 1. The van der Waals surface area contributed by atoms with Gasteiger partial charge in [0.15, 0.2) is 0 Å². The molecule has 0 aromatic heterocycles. The summed E-state index contributed by atoms with van der Waals surface area (Å²) in [5.41, 5.74) is 1.22. The molecule has 0 heterocycles. The number of hydrogen-bond donors (Lipinski definition) is 1. The molecule has 0 fully saturated rings. The second-order valence-corrected chi connectivity index (χ2v) is 4.89. The van der Waals surface area contributed by atoms with Gasteiger partial charge in [0.25, 0.3) is 0 Å². The highest BCUT2D eigenvalue weighted by Gasteiger charge is 2.15. The summed E-state index contributed by atoms with van der Waals surface area (Å²) in [6, 6.07) is 10.1. The average Bonchev–Trinajstić information content (AvgIpc) is 2.42. The zero-order valence-electron chi connectivity index (χ0n) is 11.8. The second kappa shape index (κ2) is 8.15. The van der Waals surface area contributed by atoms with Crippen LogP contribution in [0.1, 0.15) is 31.7 Å². The minimum atomic E-state index is -1.16. The molecule has 0 aliphatic rings. The molecule has 0 aliphatic carbocycles. The molecule has 1 N–H and O–H groups in total. The summed E-state index contributed by atoms with van der Waals surface area (Å²) < 4.78 is 5.01. The maximum absolute atomic E-state index is 11.3. The molecule has 0 saturated heterocycles. The SMILES string of the molecule is CC(C)C(CCOC(=O)/C=C/C(=O)O)c1ccccc1. The van der Waals surface area contributed by atoms with Crippen LogP contribution in [0, 0.1) is 5.92 Å². The molecule has 1 rings (SSSR count). The minimum Gasteiger partial charge on any atom is -0.478 e. The largest absolute Gasteiger partial charge is 0.478 e. The lowest BCUT2D eigenvalue weighted by molar-refractivity contribution is -0.139. The zero-order valence-corrected chi connectivity index (χ0v) is 11.8. The van der Waals surface area contributed by atoms with Crippen LogP contribution >= 0.6 is 0 Å². The number of hydrogen-bond acceptors (Lipinski definition) is 3. The van der Waals surface area contributed by atoms with Gasteiger partial charge >= 0.3 is 11.9 Å². The van der Waals surface area contributed by atoms with Crippen LogP contribution in [0.25, 0.3) is 0 Å². The Hall–Kier alpha value is -2.10. The quantitative estimate of drug-likeness (QED) is 0.614. The molecule has 0 amide bonds. The molecule has 0 bridgehead atoms. The van der Waals surface area contributed by atoms with E-state index in [0.29, 0.717) is 18.3 Å². The average molecular weight is 276 g/mol. The third-order valence-electron chi connectivity index (χ3n) is 3.07. The summed E-state index contributed by atoms with van der Waals surface area (Å²) in [7, 11) is 0. The van der Waals surface area contributed by atoms with Crippen molar-refractivity contribution in [2.24, 2.45) is 5.92 Å². The Balaban J connectivity index is 2.49. The summed E-state index contributed by atoms with van der Waals surface area (Å²) in [6.07, 6.45) is 2.42. The number of carboxylic acid groups (broad SMARTS) is 1. The summed E-state index contributed by atoms with van der Waals surface area (Å²) in [6.45, 7) is 4.54. The molecular weight excluding hydrogens is 256 g/mol. The van der Waals surface area contributed by atoms with Crippen LogP contribution < -0.4 is 0 Å². The Morgan fingerprint density at radius 2 is 1.85 bits per heavy atom. The van der Waals surface area contributed by atoms with Gasteiger partial charge in [-0.1, -0.05) is 44.2 Å². The first-order chi connectivity index (χ1) is 9.50. The van der Waals surface area contributed by atoms with E-state index in [1.807, 2.05) is 18.2 Å². The topological polar surface area (TPSA) is 63.6 Å². The van der Waals surface area contributed by atoms with Gasteiger partial charge in [-0.3, -0.25) is 0 Å². The minimum absolute atomic E-state index is 0.278. The number of carbonyl (C=O) groups excluding carboxylic acids is 1. The number of ether oxygens (including phenoxy) is 1. The molecule has 0 saturated carbocycles. The van der Waals surface area contributed by atoms with E-state index >= 15 is 0 Å². The first-order valence-electron chi connectivity index (χ1n) is 6.63. The predicted octanol–water partition coefficient (Wildman–Crippen LogP) is 3.00. The van der Waals surface area contributed by atoms with Crippen LogP contribution in [0.2, 0.25) is 0 Å². The van der Waals surface area contributed by atoms with Gasteiger partial charge in [0.1, 0.15) is 0 Å². The van der Waals surface area contributed by atoms with Gasteiger partial charge in [0, 0.05) is 12.2 Å². The van der Waals surface area contributed by atoms with Gasteiger partial charge < -0.3 is 9.84 Å². The number of carboxylic acids is 1. The van der Waals surface area contributed by atoms with E-state index in [4.69, 9.17) is 9.84 Å². The van der Waals surface area contributed by atoms with Crippen molar-refractivity contribution in [2.45, 2.75) is 26.2 Å². The molecule has 108 valence electrons. The Morgan fingerprint density at radius 1 is 1.20 bits per heavy atom. The second-order valence-electron chi connectivity index (χ2n) is 4.89. The van der Waals surface area contributed by atoms with E-state index in [1.54, 1.807) is 0 Å². The normalized spacial score (nSPS) is 12.6. The first-order valence-corrected chi connectivity index (χ1v) is 6.63. The maximum atomic E-state index is 11.3. The van der Waals surface area contributed by atoms with Crippen LogP contribution in [0.15, 0.2) is 42.5 Å². The molecule has 0 spiro atoms. The lowest BCUT2D eigenvalue weighted by atomic mass is 9.86. The number of carbonyl (C=O) groups is 2. The van der Waals surface area contributed by atoms with E-state index in [0.717, 1.165) is 12.2 Å². The van der Waals surface area contributed by atoms with E-state index < -0.39 is 11.9 Å². The number of rotatable bonds is 7. The molecule has 1 unspecified atom stereocenters. The highest BCUT2D eigenvalue weighted by atomic mass is 16.5. The Morgan fingerprint density at radius 3 is 2.40 bits per heavy atom. The van der Waals surface area contributed by atoms with Gasteiger partial charge in [-0.2, -0.15) is 0 Å². The van der Waals surface area contributed by atoms with Crippen molar-refractivity contribution in [3.8, 4) is 0 Å². The fourth-order valence-corrected chi connectivity index (χ4v) is 2.06. The van der Waals surface area contributed by atoms with E-state index in [2.05, 4.69) is 26.0 Å². The van der Waals surface area contributed by atoms with Crippen LogP contribution in [-0.2, 0) is 14.3 Å². The third-order valence-corrected chi connectivity index (χ3v) is 3.07. The van der Waals surface area contributed by atoms with Gasteiger partial charge in [-0.15, -0.1) is 0 Å². The molecule has 0 aliphatic heterocycles. The van der Waals surface area contributed by atoms with Crippen molar-refractivity contribution in [1.82, 2.24) is 0 Å². The van der Waals surface area contributed by atoms with E-state index in [9.17, 15) is 9.59 Å². The van der Waals surface area contributed by atoms with Crippen molar-refractivity contribution in [3.63, 3.8) is 0 Å². The Kier molecular flexibility index (Phi) is 6.50. The van der Waals surface area contributed by atoms with E-state index in [-0.39, 0.29) is 6.61 Å². The van der Waals surface area contributed by atoms with Crippen LogP contribution in [0.3, 0.4) is 0 Å². The van der Waals surface area contributed by atoms with Crippen molar-refractivity contribution in [1.29, 1.82) is 0 Å². The predicted molar refractivity (Wildman–Crippen MR) is 76.4 cm³/mol. The third kappa shape index (κ3) is 5.69. The lowest BCUT2D eigenvalue weighted by Gasteiger charge is -2.21. The van der Waals surface area contributed by atoms with Crippen LogP contribution in [-0.4, -0.2) is 23.7 Å². The smallest absolute Gasteiger partial charge is 0.331 e. The molecule has 1 aromatic carbocycles. The fraction of sp³-hybridized carbons (Fsp3) is 0.375. The lowest BCUT2D eigenvalue weighted by Crippen LogP contribution is -2.12. The highest BCUT2D eigenvalue weighted by molar-refractivity contribution is 5.90. The molecule has 0 radical (unpaired) electrons. The van der Waals surface area contributed by atoms with Gasteiger partial charge in [-0.05, 0) is 23.8 Å². The molecule has 1 aromatic rings. The number of esters is 1. The zero-order chi connectivity index (χ0) is 15.0. The van der Waals surface area contributed by atoms with Crippen molar-refractivity contribution < 1.29 is 19.4 Å². The standard InChI is InChI=1S/C16H20O4/c1-12(2)14(13-6-4-3-5-7-13)10-11-20-16(19)9-8-15(17)18/h3-9,12,14H,10-11H2,1-2H3,(H,17,18)/b9-8+. The van der Waals surface area contributed by atoms with Crippen molar-refractivity contribution >= 4 is 11.9 Å². The summed E-state index contributed by atoms with van der Waals surface area (Å²) >= 11 is 0. The van der Waals surface area contributed by atoms with Crippen LogP contribution in [0.4, 0.5) is 0 Å². The van der Waals surface area contributed by atoms with Crippen LogP contribution in [0.5, 0.6) is 0 Å². The Labute approximate surface area is 119 Å². The summed E-state index contributed by atoms with van der Waals surface area (Å²) in [4.78, 5) is 21.5. The van der Waals surface area contributed by atoms with Gasteiger partial charge in [-0.25, -0.2) is 9.59 Å². The highest BCUT2D eigenvalue weighted by Crippen LogP contribution is 2.27. The molecule has 1 atom stereocenters. The maximum Gasteiger partial charge on any atom is 0.331 e. The fourth-order valence-electron chi connectivity index (χ4n) is 2.06. The summed E-state index contributed by atoms with van der Waals surface area (Å²) in [5.74, 6) is -1.03. The summed E-state index contributed by atoms with van der Waals surface area (Å²) in [5, 5.41) is 8.40. The van der Waals surface area contributed by atoms with Crippen molar-refractivity contribution in [2.75, 3.05) is 6.61 Å². The molecule has 4 nitrogen and oxygen atoms in total. The van der Waals surface area contributed by atoms with Gasteiger partial charge in [0.2, 0.25) is 0 Å². The first kappa shape index (κ1) is 16.0. The Bertz CT molecular complexity index is 463. The van der Waals surface area contributed by atoms with Crippen molar-refractivity contribution in [3.05, 3.63) is 48.0 Å². The van der Waals surface area contributed by atoms with Gasteiger partial charge in [0.05, 0.1) is 6.61 Å².